The Morgan fingerprint density at radius 3 is 2.95 bits per heavy atom. The second-order valence-electron chi connectivity index (χ2n) is 5.43. The molecule has 4 heteroatoms. The molecular formula is C16H18ClNO2. The smallest absolute Gasteiger partial charge is 0.128 e. The lowest BCUT2D eigenvalue weighted by Gasteiger charge is -2.17. The Morgan fingerprint density at radius 2 is 2.25 bits per heavy atom. The molecular weight excluding hydrogens is 274 g/mol. The van der Waals surface area contributed by atoms with Gasteiger partial charge < -0.3 is 15.2 Å². The molecule has 0 bridgehead atoms. The third kappa shape index (κ3) is 2.06. The van der Waals surface area contributed by atoms with E-state index >= 15 is 0 Å². The molecule has 20 heavy (non-hydrogen) atoms. The van der Waals surface area contributed by atoms with Crippen LogP contribution in [-0.2, 0) is 0 Å². The second-order valence-corrected chi connectivity index (χ2v) is 5.74. The molecule has 0 unspecified atom stereocenters. The van der Waals surface area contributed by atoms with E-state index in [4.69, 9.17) is 16.3 Å². The standard InChI is InChI=1S/C16H18ClNO2/c1-9(2)20-14-5-3-4-11-13(19)6-12-15(16(11)14)10(7-17)8-18-12/h3-6,9-10,18-19H,7-8H2,1-2H3/t10-/m1/s1. The van der Waals surface area contributed by atoms with Crippen LogP contribution < -0.4 is 10.1 Å². The van der Waals surface area contributed by atoms with Crippen LogP contribution in [0, 0.1) is 0 Å². The number of ether oxygens (including phenoxy) is 1. The summed E-state index contributed by atoms with van der Waals surface area (Å²) in [6.07, 6.45) is 0.0856. The van der Waals surface area contributed by atoms with Gasteiger partial charge in [-0.25, -0.2) is 0 Å². The third-order valence-electron chi connectivity index (χ3n) is 3.64. The Kier molecular flexibility index (Phi) is 3.38. The summed E-state index contributed by atoms with van der Waals surface area (Å²) in [6.45, 7) is 4.80. The third-order valence-corrected chi connectivity index (χ3v) is 4.01. The maximum Gasteiger partial charge on any atom is 0.128 e. The van der Waals surface area contributed by atoms with E-state index in [1.165, 1.54) is 0 Å². The molecule has 2 aromatic rings. The lowest BCUT2D eigenvalue weighted by Crippen LogP contribution is -2.07. The first kappa shape index (κ1) is 13.4. The molecule has 1 aliphatic heterocycles. The molecule has 0 fully saturated rings. The lowest BCUT2D eigenvalue weighted by atomic mass is 9.94. The molecule has 2 aromatic carbocycles. The number of benzene rings is 2. The molecule has 0 aromatic heterocycles. The number of hydrogen-bond donors (Lipinski definition) is 2. The predicted molar refractivity (Wildman–Crippen MR) is 83.3 cm³/mol. The van der Waals surface area contributed by atoms with Crippen LogP contribution in [0.15, 0.2) is 24.3 Å². The summed E-state index contributed by atoms with van der Waals surface area (Å²) in [4.78, 5) is 0. The number of anilines is 1. The number of phenols is 1. The van der Waals surface area contributed by atoms with Gasteiger partial charge in [-0.3, -0.25) is 0 Å². The van der Waals surface area contributed by atoms with Gasteiger partial charge in [-0.15, -0.1) is 11.6 Å². The summed E-state index contributed by atoms with van der Waals surface area (Å²) in [6, 6.07) is 7.56. The van der Waals surface area contributed by atoms with Gasteiger partial charge in [-0.1, -0.05) is 12.1 Å². The Balaban J connectivity index is 2.31. The van der Waals surface area contributed by atoms with Gasteiger partial charge in [0.25, 0.3) is 0 Å². The molecule has 3 rings (SSSR count). The number of hydrogen-bond acceptors (Lipinski definition) is 3. The van der Waals surface area contributed by atoms with E-state index in [1.54, 1.807) is 6.07 Å². The minimum atomic E-state index is 0.0856. The normalized spacial score (nSPS) is 17.3. The lowest BCUT2D eigenvalue weighted by molar-refractivity contribution is 0.245. The molecule has 0 aliphatic carbocycles. The SMILES string of the molecule is CC(C)Oc1cccc2c(O)cc3c(c12)[C@H](CCl)CN3. The highest BCUT2D eigenvalue weighted by Gasteiger charge is 2.27. The highest BCUT2D eigenvalue weighted by Crippen LogP contribution is 2.45. The summed E-state index contributed by atoms with van der Waals surface area (Å²) < 4.78 is 5.92. The van der Waals surface area contributed by atoms with Crippen LogP contribution in [0.3, 0.4) is 0 Å². The van der Waals surface area contributed by atoms with Crippen molar-refractivity contribution in [3.63, 3.8) is 0 Å². The first-order valence-corrected chi connectivity index (χ1v) is 7.40. The number of rotatable bonds is 3. The maximum absolute atomic E-state index is 10.2. The van der Waals surface area contributed by atoms with Gasteiger partial charge in [-0.2, -0.15) is 0 Å². The van der Waals surface area contributed by atoms with Crippen molar-refractivity contribution in [3.05, 3.63) is 29.8 Å². The largest absolute Gasteiger partial charge is 0.507 e. The number of halogens is 1. The van der Waals surface area contributed by atoms with Crippen molar-refractivity contribution in [2.24, 2.45) is 0 Å². The van der Waals surface area contributed by atoms with Gasteiger partial charge in [-0.05, 0) is 25.5 Å². The van der Waals surface area contributed by atoms with Gasteiger partial charge in [0.2, 0.25) is 0 Å². The van der Waals surface area contributed by atoms with Crippen LogP contribution in [0.5, 0.6) is 11.5 Å². The molecule has 1 aliphatic rings. The van der Waals surface area contributed by atoms with Crippen LogP contribution in [0.2, 0.25) is 0 Å². The van der Waals surface area contributed by atoms with E-state index in [0.29, 0.717) is 5.88 Å². The molecule has 2 N–H and O–H groups in total. The van der Waals surface area contributed by atoms with Gasteiger partial charge >= 0.3 is 0 Å². The molecule has 106 valence electrons. The minimum Gasteiger partial charge on any atom is -0.507 e. The van der Waals surface area contributed by atoms with Crippen LogP contribution in [-0.4, -0.2) is 23.6 Å². The number of alkyl halides is 1. The van der Waals surface area contributed by atoms with Crippen molar-refractivity contribution in [3.8, 4) is 11.5 Å². The highest BCUT2D eigenvalue weighted by molar-refractivity contribution is 6.19. The van der Waals surface area contributed by atoms with Gasteiger partial charge in [0.15, 0.2) is 0 Å². The van der Waals surface area contributed by atoms with Crippen molar-refractivity contribution in [1.29, 1.82) is 0 Å². The summed E-state index contributed by atoms with van der Waals surface area (Å²) in [5, 5.41) is 15.3. The molecule has 3 nitrogen and oxygen atoms in total. The Morgan fingerprint density at radius 1 is 1.45 bits per heavy atom. The minimum absolute atomic E-state index is 0.0856. The first-order valence-electron chi connectivity index (χ1n) is 6.87. The van der Waals surface area contributed by atoms with E-state index in [9.17, 15) is 5.11 Å². The Hall–Kier alpha value is -1.61. The summed E-state index contributed by atoms with van der Waals surface area (Å²) >= 11 is 6.09. The first-order chi connectivity index (χ1) is 9.61. The number of phenolic OH excluding ortho intramolecular Hbond substituents is 1. The fraction of sp³-hybridized carbons (Fsp3) is 0.375. The molecule has 1 heterocycles. The van der Waals surface area contributed by atoms with Crippen LogP contribution in [0.25, 0.3) is 10.8 Å². The molecule has 0 spiro atoms. The molecule has 0 saturated carbocycles. The maximum atomic E-state index is 10.2. The van der Waals surface area contributed by atoms with Gasteiger partial charge in [0.1, 0.15) is 11.5 Å². The number of fused-ring (bicyclic) bond motifs is 3. The number of nitrogens with one attached hydrogen (secondary N) is 1. The molecule has 1 atom stereocenters. The van der Waals surface area contributed by atoms with Crippen molar-refractivity contribution in [2.75, 3.05) is 17.7 Å². The van der Waals surface area contributed by atoms with Crippen molar-refractivity contribution in [2.45, 2.75) is 25.9 Å². The van der Waals surface area contributed by atoms with Crippen LogP contribution in [0.1, 0.15) is 25.3 Å². The Bertz CT molecular complexity index is 654. The zero-order valence-corrected chi connectivity index (χ0v) is 12.4. The van der Waals surface area contributed by atoms with E-state index < -0.39 is 0 Å². The van der Waals surface area contributed by atoms with Gasteiger partial charge in [0, 0.05) is 40.9 Å². The molecule has 0 amide bonds. The van der Waals surface area contributed by atoms with Crippen molar-refractivity contribution < 1.29 is 9.84 Å². The van der Waals surface area contributed by atoms with E-state index in [-0.39, 0.29) is 17.8 Å². The zero-order chi connectivity index (χ0) is 14.3. The summed E-state index contributed by atoms with van der Waals surface area (Å²) in [5.41, 5.74) is 2.12. The fourth-order valence-electron chi connectivity index (χ4n) is 2.84. The monoisotopic (exact) mass is 291 g/mol. The Labute approximate surface area is 123 Å². The molecule has 0 radical (unpaired) electrons. The summed E-state index contributed by atoms with van der Waals surface area (Å²) in [7, 11) is 0. The molecule has 0 saturated heterocycles. The zero-order valence-electron chi connectivity index (χ0n) is 11.6. The topological polar surface area (TPSA) is 41.5 Å². The quantitative estimate of drug-likeness (QED) is 0.837. The average Bonchev–Trinajstić information content (AvgIpc) is 2.81. The fourth-order valence-corrected chi connectivity index (χ4v) is 3.10. The highest BCUT2D eigenvalue weighted by atomic mass is 35.5. The van der Waals surface area contributed by atoms with E-state index in [1.807, 2.05) is 32.0 Å². The van der Waals surface area contributed by atoms with E-state index in [2.05, 4.69) is 5.32 Å². The number of aromatic hydroxyl groups is 1. The summed E-state index contributed by atoms with van der Waals surface area (Å²) in [5.74, 6) is 1.88. The van der Waals surface area contributed by atoms with Crippen LogP contribution >= 0.6 is 11.6 Å². The van der Waals surface area contributed by atoms with Crippen molar-refractivity contribution in [1.82, 2.24) is 0 Å². The second kappa shape index (κ2) is 5.06. The van der Waals surface area contributed by atoms with E-state index in [0.717, 1.165) is 34.3 Å². The van der Waals surface area contributed by atoms with Crippen molar-refractivity contribution >= 4 is 28.1 Å². The van der Waals surface area contributed by atoms with Gasteiger partial charge in [0.05, 0.1) is 6.10 Å². The van der Waals surface area contributed by atoms with Crippen LogP contribution in [0.4, 0.5) is 5.69 Å². The predicted octanol–water partition coefficient (Wildman–Crippen LogP) is 4.08. The average molecular weight is 292 g/mol.